The van der Waals surface area contributed by atoms with Crippen molar-refractivity contribution in [2.75, 3.05) is 6.61 Å². The summed E-state index contributed by atoms with van der Waals surface area (Å²) in [6.07, 6.45) is -10.9. The van der Waals surface area contributed by atoms with E-state index in [1.807, 2.05) is 0 Å². The number of hydrogen-bond acceptors (Lipinski definition) is 15. The van der Waals surface area contributed by atoms with Gasteiger partial charge in [-0.1, -0.05) is 24.3 Å². The lowest BCUT2D eigenvalue weighted by molar-refractivity contribution is -0.293. The van der Waals surface area contributed by atoms with E-state index in [-0.39, 0.29) is 51.2 Å². The smallest absolute Gasteiger partial charge is 0.228 e. The van der Waals surface area contributed by atoms with Gasteiger partial charge in [0.05, 0.1) is 18.1 Å². The first kappa shape index (κ1) is 34.0. The maximum Gasteiger partial charge on any atom is 0.228 e. The lowest BCUT2D eigenvalue weighted by Crippen LogP contribution is -2.59. The molecule has 2 unspecified atom stereocenters. The van der Waals surface area contributed by atoms with Crippen molar-refractivity contribution in [2.45, 2.75) is 54.9 Å². The van der Waals surface area contributed by atoms with Gasteiger partial charge < -0.3 is 75.1 Å². The molecule has 3 heterocycles. The summed E-state index contributed by atoms with van der Waals surface area (Å²) < 4.78 is 24.1. The second kappa shape index (κ2) is 13.0. The molecule has 0 aliphatic carbocycles. The molecule has 9 atom stereocenters. The van der Waals surface area contributed by atoms with Crippen LogP contribution in [0.2, 0.25) is 0 Å². The van der Waals surface area contributed by atoms with Crippen molar-refractivity contribution in [1.82, 2.24) is 0 Å². The average Bonchev–Trinajstić information content (AvgIpc) is 3.10. The first-order valence-corrected chi connectivity index (χ1v) is 15.8. The molecule has 1 fully saturated rings. The van der Waals surface area contributed by atoms with Gasteiger partial charge in [-0.3, -0.25) is 0 Å². The van der Waals surface area contributed by atoms with Crippen LogP contribution in [0.15, 0.2) is 72.5 Å². The molecular weight excluding hydrogens is 672 g/mol. The van der Waals surface area contributed by atoms with Gasteiger partial charge in [-0.25, -0.2) is 0 Å². The second-order valence-electron chi connectivity index (χ2n) is 12.5. The van der Waals surface area contributed by atoms with Gasteiger partial charge in [0.1, 0.15) is 82.3 Å². The van der Waals surface area contributed by atoms with E-state index in [1.54, 1.807) is 0 Å². The first-order valence-electron chi connectivity index (χ1n) is 15.8. The summed E-state index contributed by atoms with van der Waals surface area (Å²) in [7, 11) is 0. The molecule has 3 aliphatic heterocycles. The molecule has 15 heteroatoms. The van der Waals surface area contributed by atoms with Crippen molar-refractivity contribution < 1.29 is 75.1 Å². The minimum Gasteiger partial charge on any atom is -0.508 e. The summed E-state index contributed by atoms with van der Waals surface area (Å²) in [4.78, 5) is 0. The van der Waals surface area contributed by atoms with Crippen molar-refractivity contribution >= 4 is 6.08 Å². The minimum atomic E-state index is -1.81. The molecule has 0 saturated carbocycles. The van der Waals surface area contributed by atoms with Crippen molar-refractivity contribution in [2.24, 2.45) is 0 Å². The van der Waals surface area contributed by atoms with E-state index in [0.29, 0.717) is 11.1 Å². The Hall–Kier alpha value is -5.42. The Morgan fingerprint density at radius 1 is 0.608 bits per heavy atom. The highest BCUT2D eigenvalue weighted by Crippen LogP contribution is 2.57. The molecule has 15 nitrogen and oxygen atoms in total. The standard InChI is InChI=1S/C36H34O15/c37-13-25-29(44)31(46)32(47)36(50-25)49-24-11-19-20(41)12-22(43)27(35(19)51-33(24)14-1-5-16(38)6-2-14)28-26-21(42)9-18(40)10-23(26)48-34(30(28)45)15-3-7-17(39)8-4-15/h1-12,25,28-34,36-47H,13H2/t25-,28?,29-,30-,31+,32-,33?,34-,36-/m1/s1. The summed E-state index contributed by atoms with van der Waals surface area (Å²) in [6, 6.07) is 14.7. The van der Waals surface area contributed by atoms with Crippen molar-refractivity contribution in [3.05, 3.63) is 100 Å². The number of aliphatic hydroxyl groups is 5. The van der Waals surface area contributed by atoms with E-state index in [2.05, 4.69) is 0 Å². The third-order valence-electron chi connectivity index (χ3n) is 9.25. The summed E-state index contributed by atoms with van der Waals surface area (Å²) in [5.41, 5.74) is 0.499. The van der Waals surface area contributed by atoms with Gasteiger partial charge >= 0.3 is 0 Å². The molecule has 51 heavy (non-hydrogen) atoms. The van der Waals surface area contributed by atoms with E-state index >= 15 is 0 Å². The highest BCUT2D eigenvalue weighted by atomic mass is 16.7. The van der Waals surface area contributed by atoms with Crippen LogP contribution in [0, 0.1) is 0 Å². The fourth-order valence-electron chi connectivity index (χ4n) is 6.70. The van der Waals surface area contributed by atoms with Gasteiger partial charge in [0.15, 0.2) is 12.2 Å². The fourth-order valence-corrected chi connectivity index (χ4v) is 6.70. The molecule has 4 aromatic rings. The van der Waals surface area contributed by atoms with Gasteiger partial charge in [-0.15, -0.1) is 0 Å². The van der Waals surface area contributed by atoms with Crippen LogP contribution in [0.4, 0.5) is 0 Å². The van der Waals surface area contributed by atoms with Crippen molar-refractivity contribution in [3.63, 3.8) is 0 Å². The molecule has 0 radical (unpaired) electrons. The summed E-state index contributed by atoms with van der Waals surface area (Å²) in [5, 5.41) is 117. The van der Waals surface area contributed by atoms with Crippen LogP contribution in [0.1, 0.15) is 45.9 Å². The monoisotopic (exact) mass is 706 g/mol. The lowest BCUT2D eigenvalue weighted by Gasteiger charge is -2.41. The van der Waals surface area contributed by atoms with Crippen LogP contribution >= 0.6 is 0 Å². The van der Waals surface area contributed by atoms with Crippen molar-refractivity contribution in [3.8, 4) is 46.0 Å². The number of phenols is 6. The zero-order valence-electron chi connectivity index (χ0n) is 26.4. The quantitative estimate of drug-likeness (QED) is 0.137. The van der Waals surface area contributed by atoms with Crippen molar-refractivity contribution in [1.29, 1.82) is 0 Å². The van der Waals surface area contributed by atoms with E-state index in [9.17, 15) is 56.2 Å². The SMILES string of the molecule is OC[C@H]1O[C@@H](OC2=Cc3c(O)cc(O)c(C4c5c(O)cc(O)cc5O[C@H](c5ccc(O)cc5)[C@@H]4O)c3OC2c2ccc(O)cc2)[C@H](O)[C@@H](O)[C@@H]1O. The molecule has 3 aliphatic rings. The Morgan fingerprint density at radius 3 is 1.88 bits per heavy atom. The average molecular weight is 707 g/mol. The number of aromatic hydroxyl groups is 6. The van der Waals surface area contributed by atoms with E-state index in [1.165, 1.54) is 60.7 Å². The molecule has 7 rings (SSSR count). The number of fused-ring (bicyclic) bond motifs is 2. The molecule has 268 valence electrons. The molecule has 1 saturated heterocycles. The first-order chi connectivity index (χ1) is 24.4. The Bertz CT molecular complexity index is 1960. The largest absolute Gasteiger partial charge is 0.508 e. The Morgan fingerprint density at radius 2 is 1.24 bits per heavy atom. The minimum absolute atomic E-state index is 0.0318. The normalized spacial score (nSPS) is 28.4. The van der Waals surface area contributed by atoms with Crippen LogP contribution in [-0.4, -0.2) is 99.6 Å². The van der Waals surface area contributed by atoms with Crippen LogP contribution in [-0.2, 0) is 9.47 Å². The van der Waals surface area contributed by atoms with Crippen LogP contribution in [0.5, 0.6) is 46.0 Å². The molecular formula is C36H34O15. The molecule has 0 aromatic heterocycles. The van der Waals surface area contributed by atoms with Gasteiger partial charge in [0, 0.05) is 34.9 Å². The third-order valence-corrected chi connectivity index (χ3v) is 9.25. The summed E-state index contributed by atoms with van der Waals surface area (Å²) in [6.45, 7) is -0.724. The van der Waals surface area contributed by atoms with E-state index < -0.39 is 78.8 Å². The lowest BCUT2D eigenvalue weighted by atomic mass is 9.78. The predicted octanol–water partition coefficient (Wildman–Crippen LogP) is 1.84. The Labute approximate surface area is 288 Å². The number of rotatable bonds is 6. The van der Waals surface area contributed by atoms with Crippen LogP contribution in [0.25, 0.3) is 6.08 Å². The van der Waals surface area contributed by atoms with Crippen LogP contribution in [0.3, 0.4) is 0 Å². The zero-order chi connectivity index (χ0) is 36.3. The number of aliphatic hydroxyl groups excluding tert-OH is 5. The second-order valence-corrected chi connectivity index (χ2v) is 12.5. The summed E-state index contributed by atoms with van der Waals surface area (Å²) in [5.74, 6) is -3.76. The van der Waals surface area contributed by atoms with E-state index in [0.717, 1.165) is 12.1 Å². The molecule has 0 spiro atoms. The number of ether oxygens (including phenoxy) is 4. The van der Waals surface area contributed by atoms with Gasteiger partial charge in [-0.2, -0.15) is 0 Å². The summed E-state index contributed by atoms with van der Waals surface area (Å²) >= 11 is 0. The maximum absolute atomic E-state index is 12.0. The third kappa shape index (κ3) is 5.95. The molecule has 0 amide bonds. The fraction of sp³-hybridized carbons (Fsp3) is 0.278. The highest BCUT2D eigenvalue weighted by molar-refractivity contribution is 5.75. The number of hydrogen-bond donors (Lipinski definition) is 11. The van der Waals surface area contributed by atoms with Gasteiger partial charge in [0.2, 0.25) is 6.29 Å². The number of benzene rings is 4. The molecule has 4 aromatic carbocycles. The number of phenolic OH excluding ortho intramolecular Hbond substituents is 6. The Kier molecular flexibility index (Phi) is 8.71. The topological polar surface area (TPSA) is 259 Å². The molecule has 11 N–H and O–H groups in total. The highest BCUT2D eigenvalue weighted by Gasteiger charge is 2.48. The van der Waals surface area contributed by atoms with Gasteiger partial charge in [-0.05, 0) is 35.9 Å². The van der Waals surface area contributed by atoms with Crippen LogP contribution < -0.4 is 9.47 Å². The maximum atomic E-state index is 12.0. The molecule has 0 bridgehead atoms. The van der Waals surface area contributed by atoms with Gasteiger partial charge in [0.25, 0.3) is 0 Å². The van der Waals surface area contributed by atoms with E-state index in [4.69, 9.17) is 18.9 Å². The zero-order valence-corrected chi connectivity index (χ0v) is 26.4. The predicted molar refractivity (Wildman–Crippen MR) is 173 cm³/mol. The Balaban J connectivity index is 1.40.